The first-order valence-corrected chi connectivity index (χ1v) is 10.8. The van der Waals surface area contributed by atoms with E-state index in [0.717, 1.165) is 18.4 Å². The number of nitrogens with one attached hydrogen (secondary N) is 1. The van der Waals surface area contributed by atoms with Crippen LogP contribution in [0.4, 0.5) is 0 Å². The normalized spacial score (nSPS) is 16.2. The SMILES string of the molecule is COc1cc(C(=O)NCC2(c3ccc4c(c3)OCO4)CCOCC2)cc(Cl)c1OCC(N)=O. The maximum absolute atomic E-state index is 13.0. The molecule has 0 aliphatic carbocycles. The summed E-state index contributed by atoms with van der Waals surface area (Å²) in [5.74, 6) is 0.822. The number of methoxy groups -OCH3 is 1. The second kappa shape index (κ2) is 9.76. The number of amides is 2. The highest BCUT2D eigenvalue weighted by molar-refractivity contribution is 6.32. The van der Waals surface area contributed by atoms with E-state index in [2.05, 4.69) is 5.32 Å². The summed E-state index contributed by atoms with van der Waals surface area (Å²) in [6.07, 6.45) is 1.49. The Morgan fingerprint density at radius 3 is 2.64 bits per heavy atom. The molecule has 2 aliphatic rings. The molecule has 9 nitrogen and oxygen atoms in total. The molecule has 2 aliphatic heterocycles. The highest BCUT2D eigenvalue weighted by atomic mass is 35.5. The molecule has 10 heteroatoms. The minimum Gasteiger partial charge on any atom is -0.493 e. The van der Waals surface area contributed by atoms with Gasteiger partial charge in [-0.1, -0.05) is 17.7 Å². The number of carbonyl (C=O) groups is 2. The van der Waals surface area contributed by atoms with E-state index in [1.807, 2.05) is 18.2 Å². The zero-order chi connectivity index (χ0) is 23.4. The summed E-state index contributed by atoms with van der Waals surface area (Å²) in [5.41, 5.74) is 6.17. The van der Waals surface area contributed by atoms with Crippen molar-refractivity contribution in [2.75, 3.05) is 40.3 Å². The maximum Gasteiger partial charge on any atom is 0.255 e. The molecule has 2 aromatic rings. The molecule has 1 saturated heterocycles. The van der Waals surface area contributed by atoms with Crippen LogP contribution in [0.1, 0.15) is 28.8 Å². The minimum absolute atomic E-state index is 0.136. The molecule has 33 heavy (non-hydrogen) atoms. The van der Waals surface area contributed by atoms with Crippen molar-refractivity contribution in [3.05, 3.63) is 46.5 Å². The van der Waals surface area contributed by atoms with Crippen LogP contribution in [0.25, 0.3) is 0 Å². The van der Waals surface area contributed by atoms with E-state index in [0.29, 0.717) is 36.8 Å². The van der Waals surface area contributed by atoms with Crippen LogP contribution in [0.2, 0.25) is 5.02 Å². The van der Waals surface area contributed by atoms with Crippen LogP contribution < -0.4 is 30.0 Å². The van der Waals surface area contributed by atoms with Crippen molar-refractivity contribution < 1.29 is 33.3 Å². The number of halogens is 1. The third-order valence-corrected chi connectivity index (χ3v) is 6.15. The highest BCUT2D eigenvalue weighted by Gasteiger charge is 2.36. The molecule has 3 N–H and O–H groups in total. The molecule has 0 saturated carbocycles. The monoisotopic (exact) mass is 476 g/mol. The number of nitrogens with two attached hydrogens (primary N) is 1. The fourth-order valence-electron chi connectivity index (χ4n) is 4.04. The first-order valence-electron chi connectivity index (χ1n) is 10.5. The second-order valence-electron chi connectivity index (χ2n) is 7.89. The Balaban J connectivity index is 1.53. The lowest BCUT2D eigenvalue weighted by Crippen LogP contribution is -2.44. The summed E-state index contributed by atoms with van der Waals surface area (Å²) in [5, 5.41) is 3.16. The van der Waals surface area contributed by atoms with Gasteiger partial charge in [-0.2, -0.15) is 0 Å². The van der Waals surface area contributed by atoms with E-state index < -0.39 is 5.91 Å². The number of hydrogen-bond acceptors (Lipinski definition) is 7. The van der Waals surface area contributed by atoms with E-state index in [-0.39, 0.29) is 41.2 Å². The van der Waals surface area contributed by atoms with Crippen LogP contribution in [0.15, 0.2) is 30.3 Å². The van der Waals surface area contributed by atoms with Crippen LogP contribution in [-0.4, -0.2) is 52.1 Å². The average molecular weight is 477 g/mol. The molecule has 4 rings (SSSR count). The van der Waals surface area contributed by atoms with Crippen molar-refractivity contribution in [2.24, 2.45) is 5.73 Å². The van der Waals surface area contributed by atoms with Gasteiger partial charge in [-0.25, -0.2) is 0 Å². The van der Waals surface area contributed by atoms with Gasteiger partial charge in [-0.15, -0.1) is 0 Å². The van der Waals surface area contributed by atoms with Crippen molar-refractivity contribution in [1.82, 2.24) is 5.32 Å². The quantitative estimate of drug-likeness (QED) is 0.600. The van der Waals surface area contributed by atoms with Crippen LogP contribution in [-0.2, 0) is 14.9 Å². The molecule has 2 heterocycles. The molecule has 2 aromatic carbocycles. The van der Waals surface area contributed by atoms with E-state index in [1.54, 1.807) is 0 Å². The molecule has 0 radical (unpaired) electrons. The van der Waals surface area contributed by atoms with Gasteiger partial charge in [-0.3, -0.25) is 9.59 Å². The van der Waals surface area contributed by atoms with Gasteiger partial charge in [0.25, 0.3) is 11.8 Å². The summed E-state index contributed by atoms with van der Waals surface area (Å²) in [6.45, 7) is 1.43. The van der Waals surface area contributed by atoms with Gasteiger partial charge in [0.1, 0.15) is 0 Å². The van der Waals surface area contributed by atoms with Crippen LogP contribution in [0, 0.1) is 0 Å². The molecular formula is C23H25ClN2O7. The van der Waals surface area contributed by atoms with Crippen LogP contribution in [0.5, 0.6) is 23.0 Å². The topological polar surface area (TPSA) is 118 Å². The van der Waals surface area contributed by atoms with E-state index in [4.69, 9.17) is 41.0 Å². The summed E-state index contributed by atoms with van der Waals surface area (Å²) in [6, 6.07) is 8.86. The molecule has 2 amide bonds. The Hall–Kier alpha value is -3.17. The number of primary amides is 1. The highest BCUT2D eigenvalue weighted by Crippen LogP contribution is 2.41. The Morgan fingerprint density at radius 1 is 1.15 bits per heavy atom. The number of fused-ring (bicyclic) bond motifs is 1. The third-order valence-electron chi connectivity index (χ3n) is 5.87. The lowest BCUT2D eigenvalue weighted by molar-refractivity contribution is -0.119. The van der Waals surface area contributed by atoms with E-state index >= 15 is 0 Å². The molecule has 0 atom stereocenters. The minimum atomic E-state index is -0.653. The summed E-state index contributed by atoms with van der Waals surface area (Å²) < 4.78 is 27.2. The van der Waals surface area contributed by atoms with Gasteiger partial charge in [-0.05, 0) is 42.7 Å². The zero-order valence-electron chi connectivity index (χ0n) is 18.1. The van der Waals surface area contributed by atoms with Crippen LogP contribution >= 0.6 is 11.6 Å². The van der Waals surface area contributed by atoms with Crippen molar-refractivity contribution in [2.45, 2.75) is 18.3 Å². The van der Waals surface area contributed by atoms with Gasteiger partial charge in [0.05, 0.1) is 12.1 Å². The largest absolute Gasteiger partial charge is 0.493 e. The van der Waals surface area contributed by atoms with Crippen molar-refractivity contribution >= 4 is 23.4 Å². The number of rotatable bonds is 8. The van der Waals surface area contributed by atoms with Gasteiger partial charge in [0.2, 0.25) is 6.79 Å². The van der Waals surface area contributed by atoms with Crippen molar-refractivity contribution in [3.63, 3.8) is 0 Å². The van der Waals surface area contributed by atoms with Crippen LogP contribution in [0.3, 0.4) is 0 Å². The number of carbonyl (C=O) groups excluding carboxylic acids is 2. The Morgan fingerprint density at radius 2 is 1.91 bits per heavy atom. The van der Waals surface area contributed by atoms with Crippen molar-refractivity contribution in [3.8, 4) is 23.0 Å². The van der Waals surface area contributed by atoms with Gasteiger partial charge in [0.15, 0.2) is 29.6 Å². The fourth-order valence-corrected chi connectivity index (χ4v) is 4.31. The molecule has 0 aromatic heterocycles. The van der Waals surface area contributed by atoms with E-state index in [9.17, 15) is 9.59 Å². The zero-order valence-corrected chi connectivity index (χ0v) is 18.9. The lowest BCUT2D eigenvalue weighted by Gasteiger charge is -2.38. The van der Waals surface area contributed by atoms with Crippen molar-refractivity contribution in [1.29, 1.82) is 0 Å². The summed E-state index contributed by atoms with van der Waals surface area (Å²) in [4.78, 5) is 24.1. The molecule has 176 valence electrons. The number of benzene rings is 2. The predicted octanol–water partition coefficient (Wildman–Crippen LogP) is 2.42. The molecule has 0 unspecified atom stereocenters. The van der Waals surface area contributed by atoms with Gasteiger partial charge < -0.3 is 34.7 Å². The first kappa shape index (κ1) is 23.0. The fraction of sp³-hybridized carbons (Fsp3) is 0.391. The number of hydrogen-bond donors (Lipinski definition) is 2. The Labute approximate surface area is 196 Å². The predicted molar refractivity (Wildman–Crippen MR) is 119 cm³/mol. The Bertz CT molecular complexity index is 1050. The third kappa shape index (κ3) is 4.94. The van der Waals surface area contributed by atoms with Gasteiger partial charge in [0, 0.05) is 30.7 Å². The maximum atomic E-state index is 13.0. The molecule has 1 fully saturated rings. The lowest BCUT2D eigenvalue weighted by atomic mass is 9.74. The van der Waals surface area contributed by atoms with Gasteiger partial charge >= 0.3 is 0 Å². The average Bonchev–Trinajstić information content (AvgIpc) is 3.29. The second-order valence-corrected chi connectivity index (χ2v) is 8.30. The molecule has 0 spiro atoms. The van der Waals surface area contributed by atoms with E-state index in [1.165, 1.54) is 19.2 Å². The Kier molecular flexibility index (Phi) is 6.80. The molecular weight excluding hydrogens is 452 g/mol. The standard InChI is InChI=1S/C23H25ClN2O7/c1-29-19-9-14(8-16(24)21(19)31-11-20(25)27)22(28)26-12-23(4-6-30-7-5-23)15-2-3-17-18(10-15)33-13-32-17/h2-3,8-10H,4-7,11-13H2,1H3,(H2,25,27)(H,26,28). The summed E-state index contributed by atoms with van der Waals surface area (Å²) in [7, 11) is 1.42. The summed E-state index contributed by atoms with van der Waals surface area (Å²) >= 11 is 6.29. The molecule has 0 bridgehead atoms. The number of ether oxygens (including phenoxy) is 5. The first-order chi connectivity index (χ1) is 15.9. The smallest absolute Gasteiger partial charge is 0.255 e.